The van der Waals surface area contributed by atoms with Crippen LogP contribution >= 0.6 is 11.6 Å². The van der Waals surface area contributed by atoms with Crippen molar-refractivity contribution in [1.29, 1.82) is 0 Å². The number of halogens is 1. The zero-order valence-electron chi connectivity index (χ0n) is 10.4. The van der Waals surface area contributed by atoms with Gasteiger partial charge in [-0.15, -0.1) is 0 Å². The number of methoxy groups -OCH3 is 1. The predicted molar refractivity (Wildman–Crippen MR) is 70.4 cm³/mol. The molecule has 1 rings (SSSR count). The summed E-state index contributed by atoms with van der Waals surface area (Å²) >= 11 is 5.75. The zero-order valence-corrected chi connectivity index (χ0v) is 12.0. The van der Waals surface area contributed by atoms with E-state index in [9.17, 15) is 13.2 Å². The van der Waals surface area contributed by atoms with Crippen molar-refractivity contribution in [1.82, 2.24) is 4.72 Å². The van der Waals surface area contributed by atoms with Gasteiger partial charge in [-0.1, -0.05) is 18.5 Å². The molecule has 6 nitrogen and oxygen atoms in total. The number of rotatable bonds is 6. The topological polar surface area (TPSA) is 92.7 Å². The third-order valence-corrected chi connectivity index (χ3v) is 3.97. The van der Waals surface area contributed by atoms with Crippen molar-refractivity contribution in [2.24, 2.45) is 0 Å². The van der Waals surface area contributed by atoms with Crippen LogP contribution in [0.4, 0.5) is 0 Å². The molecule has 8 heteroatoms. The largest absolute Gasteiger partial charge is 0.494 e. The van der Waals surface area contributed by atoms with Crippen molar-refractivity contribution >= 4 is 27.6 Å². The number of carboxylic acid groups (broad SMARTS) is 1. The molecule has 0 aliphatic heterocycles. The molecule has 2 N–H and O–H groups in total. The van der Waals surface area contributed by atoms with E-state index in [1.54, 1.807) is 6.92 Å². The number of carboxylic acids is 1. The van der Waals surface area contributed by atoms with E-state index < -0.39 is 16.0 Å². The van der Waals surface area contributed by atoms with Crippen LogP contribution in [-0.4, -0.2) is 33.1 Å². The van der Waals surface area contributed by atoms with Crippen molar-refractivity contribution in [2.75, 3.05) is 13.7 Å². The van der Waals surface area contributed by atoms with Gasteiger partial charge in [-0.25, -0.2) is 17.9 Å². The molecule has 0 bridgehead atoms. The monoisotopic (exact) mass is 307 g/mol. The number of aromatic carboxylic acids is 1. The van der Waals surface area contributed by atoms with Gasteiger partial charge in [0.25, 0.3) is 0 Å². The normalized spacial score (nSPS) is 11.3. The zero-order chi connectivity index (χ0) is 14.6. The lowest BCUT2D eigenvalue weighted by atomic mass is 10.2. The van der Waals surface area contributed by atoms with Crippen molar-refractivity contribution in [2.45, 2.75) is 18.2 Å². The van der Waals surface area contributed by atoms with Gasteiger partial charge in [-0.2, -0.15) is 0 Å². The lowest BCUT2D eigenvalue weighted by Crippen LogP contribution is -2.25. The van der Waals surface area contributed by atoms with Crippen LogP contribution in [0.25, 0.3) is 0 Å². The van der Waals surface area contributed by atoms with E-state index in [0.717, 1.165) is 12.1 Å². The lowest BCUT2D eigenvalue weighted by molar-refractivity contribution is 0.0693. The SMILES string of the molecule is CCCNS(=O)(=O)c1cc(Cl)cc(C(=O)O)c1OC. The molecule has 0 spiro atoms. The highest BCUT2D eigenvalue weighted by atomic mass is 35.5. The van der Waals surface area contributed by atoms with Crippen molar-refractivity contribution in [3.63, 3.8) is 0 Å². The van der Waals surface area contributed by atoms with E-state index in [4.69, 9.17) is 21.4 Å². The summed E-state index contributed by atoms with van der Waals surface area (Å²) in [6, 6.07) is 2.30. The van der Waals surface area contributed by atoms with Crippen molar-refractivity contribution in [3.05, 3.63) is 22.7 Å². The summed E-state index contributed by atoms with van der Waals surface area (Å²) < 4.78 is 31.3. The minimum Gasteiger partial charge on any atom is -0.494 e. The number of hydrogen-bond donors (Lipinski definition) is 2. The molecule has 0 radical (unpaired) electrons. The van der Waals surface area contributed by atoms with Crippen LogP contribution < -0.4 is 9.46 Å². The molecule has 0 atom stereocenters. The quantitative estimate of drug-likeness (QED) is 0.835. The molecule has 0 fully saturated rings. The molecular weight excluding hydrogens is 294 g/mol. The lowest BCUT2D eigenvalue weighted by Gasteiger charge is -2.13. The Morgan fingerprint density at radius 2 is 2.11 bits per heavy atom. The molecule has 0 heterocycles. The number of hydrogen-bond acceptors (Lipinski definition) is 4. The Balaban J connectivity index is 3.46. The minimum absolute atomic E-state index is 0.00933. The van der Waals surface area contributed by atoms with Crippen molar-refractivity contribution < 1.29 is 23.1 Å². The molecule has 0 saturated heterocycles. The van der Waals surface area contributed by atoms with Gasteiger partial charge in [0.15, 0.2) is 5.75 Å². The van der Waals surface area contributed by atoms with Gasteiger partial charge in [-0.05, 0) is 18.6 Å². The van der Waals surface area contributed by atoms with Crippen LogP contribution in [0.2, 0.25) is 5.02 Å². The van der Waals surface area contributed by atoms with E-state index in [2.05, 4.69) is 4.72 Å². The van der Waals surface area contributed by atoms with Crippen LogP contribution in [0, 0.1) is 0 Å². The van der Waals surface area contributed by atoms with E-state index in [1.165, 1.54) is 7.11 Å². The molecule has 106 valence electrons. The maximum Gasteiger partial charge on any atom is 0.339 e. The summed E-state index contributed by atoms with van der Waals surface area (Å²) in [6.07, 6.45) is 0.605. The number of sulfonamides is 1. The Kier molecular flexibility index (Phi) is 5.16. The van der Waals surface area contributed by atoms with Crippen LogP contribution in [0.15, 0.2) is 17.0 Å². The summed E-state index contributed by atoms with van der Waals surface area (Å²) in [7, 11) is -2.66. The average Bonchev–Trinajstić information content (AvgIpc) is 2.35. The van der Waals surface area contributed by atoms with E-state index in [-0.39, 0.29) is 27.8 Å². The van der Waals surface area contributed by atoms with Gasteiger partial charge in [-0.3, -0.25) is 0 Å². The number of ether oxygens (including phenoxy) is 1. The van der Waals surface area contributed by atoms with Crippen LogP contribution in [-0.2, 0) is 10.0 Å². The van der Waals surface area contributed by atoms with Gasteiger partial charge in [0.2, 0.25) is 10.0 Å². The van der Waals surface area contributed by atoms with E-state index in [1.807, 2.05) is 0 Å². The second-order valence-corrected chi connectivity index (χ2v) is 5.86. The molecule has 19 heavy (non-hydrogen) atoms. The van der Waals surface area contributed by atoms with Gasteiger partial charge < -0.3 is 9.84 Å². The van der Waals surface area contributed by atoms with Gasteiger partial charge in [0.1, 0.15) is 10.5 Å². The summed E-state index contributed by atoms with van der Waals surface area (Å²) in [5, 5.41) is 9.04. The first kappa shape index (κ1) is 15.7. The first-order chi connectivity index (χ1) is 8.83. The highest BCUT2D eigenvalue weighted by Gasteiger charge is 2.25. The number of nitrogens with one attached hydrogen (secondary N) is 1. The summed E-state index contributed by atoms with van der Waals surface area (Å²) in [5.74, 6) is -1.55. The molecule has 0 unspecified atom stereocenters. The van der Waals surface area contributed by atoms with E-state index >= 15 is 0 Å². The molecule has 0 aliphatic rings. The van der Waals surface area contributed by atoms with Gasteiger partial charge in [0, 0.05) is 11.6 Å². The number of carbonyl (C=O) groups is 1. The summed E-state index contributed by atoms with van der Waals surface area (Å²) in [4.78, 5) is 10.8. The fraction of sp³-hybridized carbons (Fsp3) is 0.364. The van der Waals surface area contributed by atoms with Crippen LogP contribution in [0.5, 0.6) is 5.75 Å². The first-order valence-corrected chi connectivity index (χ1v) is 7.30. The smallest absolute Gasteiger partial charge is 0.339 e. The minimum atomic E-state index is -3.87. The molecular formula is C11H14ClNO5S. The number of benzene rings is 1. The Labute approximate surface area is 116 Å². The maximum absolute atomic E-state index is 12.1. The van der Waals surface area contributed by atoms with Gasteiger partial charge in [0.05, 0.1) is 7.11 Å². The first-order valence-electron chi connectivity index (χ1n) is 5.44. The molecule has 0 amide bonds. The average molecular weight is 308 g/mol. The fourth-order valence-electron chi connectivity index (χ4n) is 1.45. The Morgan fingerprint density at radius 1 is 1.47 bits per heavy atom. The predicted octanol–water partition coefficient (Wildman–Crippen LogP) is 1.74. The molecule has 1 aromatic carbocycles. The maximum atomic E-state index is 12.1. The second-order valence-electron chi connectivity index (χ2n) is 3.69. The van der Waals surface area contributed by atoms with E-state index in [0.29, 0.717) is 6.42 Å². The molecule has 0 aromatic heterocycles. The van der Waals surface area contributed by atoms with Crippen LogP contribution in [0.3, 0.4) is 0 Å². The fourth-order valence-corrected chi connectivity index (χ4v) is 3.08. The Morgan fingerprint density at radius 3 is 2.58 bits per heavy atom. The Hall–Kier alpha value is -1.31. The van der Waals surface area contributed by atoms with Gasteiger partial charge >= 0.3 is 5.97 Å². The highest BCUT2D eigenvalue weighted by Crippen LogP contribution is 2.31. The van der Waals surface area contributed by atoms with Crippen molar-refractivity contribution in [3.8, 4) is 5.75 Å². The third kappa shape index (κ3) is 3.59. The summed E-state index contributed by atoms with van der Waals surface area (Å²) in [5.41, 5.74) is -0.299. The molecule has 0 saturated carbocycles. The molecule has 0 aliphatic carbocycles. The Bertz CT molecular complexity index is 585. The van der Waals surface area contributed by atoms with Crippen LogP contribution in [0.1, 0.15) is 23.7 Å². The highest BCUT2D eigenvalue weighted by molar-refractivity contribution is 7.89. The standard InChI is InChI=1S/C11H14ClNO5S/c1-3-4-13-19(16,17)9-6-7(12)5-8(11(14)15)10(9)18-2/h5-6,13H,3-4H2,1-2H3,(H,14,15). The second kappa shape index (κ2) is 6.23. The summed E-state index contributed by atoms with van der Waals surface area (Å²) in [6.45, 7) is 2.04. The third-order valence-electron chi connectivity index (χ3n) is 2.29. The molecule has 1 aromatic rings.